The van der Waals surface area contributed by atoms with Gasteiger partial charge in [-0.15, -0.1) is 0 Å². The molecule has 6 atom stereocenters. The number of ketones is 3. The number of allylic oxidation sites excluding steroid dienone is 2. The van der Waals surface area contributed by atoms with Crippen molar-refractivity contribution in [3.63, 3.8) is 0 Å². The first-order chi connectivity index (χ1) is 15.5. The summed E-state index contributed by atoms with van der Waals surface area (Å²) in [5.74, 6) is -4.88. The Hall–Kier alpha value is -2.77. The number of methoxy groups -OCH3 is 1. The zero-order valence-corrected chi connectivity index (χ0v) is 20.8. The van der Waals surface area contributed by atoms with E-state index in [1.807, 2.05) is 6.92 Å². The van der Waals surface area contributed by atoms with Crippen molar-refractivity contribution in [2.24, 2.45) is 33.0 Å². The molecule has 3 fully saturated rings. The molecule has 8 nitrogen and oxygen atoms in total. The highest BCUT2D eigenvalue weighted by molar-refractivity contribution is 6.20. The van der Waals surface area contributed by atoms with Gasteiger partial charge < -0.3 is 14.6 Å². The maximum atomic E-state index is 14.2. The minimum Gasteiger partial charge on any atom is -0.504 e. The summed E-state index contributed by atoms with van der Waals surface area (Å²) in [6.07, 6.45) is -0.646. The quantitative estimate of drug-likeness (QED) is 0.351. The maximum absolute atomic E-state index is 14.2. The summed E-state index contributed by atoms with van der Waals surface area (Å²) >= 11 is 0. The minimum absolute atomic E-state index is 0.101. The van der Waals surface area contributed by atoms with Gasteiger partial charge >= 0.3 is 11.9 Å². The number of carbonyl (C=O) groups excluding carboxylic acids is 5. The number of fused-ring (bicyclic) bond motifs is 5. The molecule has 1 heterocycles. The second-order valence-corrected chi connectivity index (χ2v) is 11.4. The van der Waals surface area contributed by atoms with Gasteiger partial charge in [0.05, 0.1) is 12.5 Å². The first-order valence-electron chi connectivity index (χ1n) is 11.6. The monoisotopic (exact) mass is 472 g/mol. The van der Waals surface area contributed by atoms with Crippen molar-refractivity contribution in [1.82, 2.24) is 0 Å². The lowest BCUT2D eigenvalue weighted by Gasteiger charge is -2.67. The summed E-state index contributed by atoms with van der Waals surface area (Å²) in [7, 11) is 1.10. The molecule has 1 aliphatic heterocycles. The van der Waals surface area contributed by atoms with Gasteiger partial charge in [-0.2, -0.15) is 0 Å². The van der Waals surface area contributed by atoms with Crippen molar-refractivity contribution in [2.45, 2.75) is 66.9 Å². The summed E-state index contributed by atoms with van der Waals surface area (Å²) in [6, 6.07) is 0. The zero-order chi connectivity index (χ0) is 25.8. The predicted octanol–water partition coefficient (Wildman–Crippen LogP) is 3.04. The van der Waals surface area contributed by atoms with Crippen LogP contribution in [0.25, 0.3) is 0 Å². The third-order valence-corrected chi connectivity index (χ3v) is 9.76. The van der Waals surface area contributed by atoms with Gasteiger partial charge in [0, 0.05) is 11.8 Å². The van der Waals surface area contributed by atoms with E-state index in [9.17, 15) is 29.1 Å². The van der Waals surface area contributed by atoms with Gasteiger partial charge in [0.2, 0.25) is 5.78 Å². The summed E-state index contributed by atoms with van der Waals surface area (Å²) < 4.78 is 10.5. The van der Waals surface area contributed by atoms with Gasteiger partial charge in [-0.1, -0.05) is 26.0 Å². The topological polar surface area (TPSA) is 124 Å². The molecule has 1 N–H and O–H groups in total. The Morgan fingerprint density at radius 1 is 1.12 bits per heavy atom. The summed E-state index contributed by atoms with van der Waals surface area (Å²) in [5.41, 5.74) is -7.45. The molecule has 184 valence electrons. The van der Waals surface area contributed by atoms with E-state index in [1.54, 1.807) is 13.8 Å². The molecule has 8 heteroatoms. The molecule has 0 spiro atoms. The van der Waals surface area contributed by atoms with Crippen LogP contribution in [0.4, 0.5) is 0 Å². The number of cyclic esters (lactones) is 1. The average Bonchev–Trinajstić information content (AvgIpc) is 2.76. The molecule has 34 heavy (non-hydrogen) atoms. The first kappa shape index (κ1) is 24.4. The van der Waals surface area contributed by atoms with Crippen molar-refractivity contribution in [3.8, 4) is 0 Å². The van der Waals surface area contributed by atoms with Gasteiger partial charge in [-0.05, 0) is 57.4 Å². The van der Waals surface area contributed by atoms with Crippen LogP contribution >= 0.6 is 0 Å². The van der Waals surface area contributed by atoms with Gasteiger partial charge in [-0.3, -0.25) is 24.0 Å². The van der Waals surface area contributed by atoms with E-state index in [-0.39, 0.29) is 24.2 Å². The highest BCUT2D eigenvalue weighted by atomic mass is 16.6. The Balaban J connectivity index is 2.18. The molecule has 1 saturated heterocycles. The van der Waals surface area contributed by atoms with Crippen molar-refractivity contribution in [2.75, 3.05) is 7.11 Å². The molecule has 2 saturated carbocycles. The van der Waals surface area contributed by atoms with E-state index >= 15 is 0 Å². The molecule has 0 amide bonds. The lowest BCUT2D eigenvalue weighted by atomic mass is 9.32. The van der Waals surface area contributed by atoms with E-state index in [0.29, 0.717) is 12.0 Å². The van der Waals surface area contributed by atoms with Crippen LogP contribution in [0.3, 0.4) is 0 Å². The molecular formula is C26H32O8. The van der Waals surface area contributed by atoms with Crippen LogP contribution < -0.4 is 0 Å². The fraction of sp³-hybridized carbons (Fsp3) is 0.654. The molecule has 3 aliphatic carbocycles. The number of rotatable bonds is 1. The molecule has 0 aromatic heterocycles. The van der Waals surface area contributed by atoms with Gasteiger partial charge in [0.15, 0.2) is 23.1 Å². The lowest BCUT2D eigenvalue weighted by molar-refractivity contribution is -0.224. The van der Waals surface area contributed by atoms with Gasteiger partial charge in [0.1, 0.15) is 11.2 Å². The fourth-order valence-corrected chi connectivity index (χ4v) is 7.94. The number of carbonyl (C=O) groups is 5. The second-order valence-electron chi connectivity index (χ2n) is 11.4. The standard InChI is InChI=1S/C26H32O8/c1-12-11-14-23(5)10-9-15(27)22(3,4)17(23)16(28)19(30)25(14,7)26(21(32)33-8)18(29)13(2)34-20(31)24(12,26)6/h13-14,28H,1,9-11H2,2-8H3/t13-,14+,23+,24+,25-,26+/m0/s1. The Morgan fingerprint density at radius 3 is 2.26 bits per heavy atom. The number of aliphatic hydroxyl groups excluding tert-OH is 1. The normalized spacial score (nSPS) is 43.6. The third-order valence-electron chi connectivity index (χ3n) is 9.76. The molecule has 0 aromatic carbocycles. The molecule has 0 aromatic rings. The third kappa shape index (κ3) is 2.19. The Kier molecular flexibility index (Phi) is 4.78. The Bertz CT molecular complexity index is 1130. The van der Waals surface area contributed by atoms with E-state index < -0.39 is 68.4 Å². The molecule has 4 aliphatic rings. The highest BCUT2D eigenvalue weighted by Crippen LogP contribution is 2.74. The number of aliphatic hydroxyl groups is 1. The van der Waals surface area contributed by atoms with E-state index in [1.165, 1.54) is 20.8 Å². The number of Topliss-reactive ketones (excluding diaryl/α,β-unsaturated/α-hetero) is 3. The van der Waals surface area contributed by atoms with Crippen LogP contribution in [0.1, 0.15) is 60.8 Å². The SMILES string of the molecule is C=C1C[C@@H]2[C@@]3(C)CCC(=O)C(C)(C)C3=C(O)C(=O)[C@@]2(C)[C@@]2(C(=O)OC)C(=O)[C@H](C)OC(=O)[C@@]12C. The maximum Gasteiger partial charge on any atom is 0.322 e. The van der Waals surface area contributed by atoms with Crippen LogP contribution in [0.5, 0.6) is 0 Å². The summed E-state index contributed by atoms with van der Waals surface area (Å²) in [6.45, 7) is 13.6. The van der Waals surface area contributed by atoms with Crippen LogP contribution in [-0.2, 0) is 33.4 Å². The smallest absolute Gasteiger partial charge is 0.322 e. The fourth-order valence-electron chi connectivity index (χ4n) is 7.94. The Morgan fingerprint density at radius 2 is 1.71 bits per heavy atom. The number of esters is 2. The molecular weight excluding hydrogens is 440 g/mol. The van der Waals surface area contributed by atoms with E-state index in [2.05, 4.69) is 6.58 Å². The zero-order valence-electron chi connectivity index (χ0n) is 20.8. The predicted molar refractivity (Wildman–Crippen MR) is 119 cm³/mol. The van der Waals surface area contributed by atoms with Crippen LogP contribution in [0, 0.1) is 33.0 Å². The molecule has 0 unspecified atom stereocenters. The highest BCUT2D eigenvalue weighted by Gasteiger charge is 2.84. The summed E-state index contributed by atoms with van der Waals surface area (Å²) in [5, 5.41) is 11.4. The number of ether oxygens (including phenoxy) is 2. The van der Waals surface area contributed by atoms with Crippen LogP contribution in [0.15, 0.2) is 23.5 Å². The summed E-state index contributed by atoms with van der Waals surface area (Å²) in [4.78, 5) is 68.2. The van der Waals surface area contributed by atoms with Crippen LogP contribution in [-0.4, -0.2) is 47.6 Å². The molecule has 0 radical (unpaired) electrons. The van der Waals surface area contributed by atoms with Crippen LogP contribution in [0.2, 0.25) is 0 Å². The van der Waals surface area contributed by atoms with Gasteiger partial charge in [-0.25, -0.2) is 0 Å². The largest absolute Gasteiger partial charge is 0.504 e. The molecule has 0 bridgehead atoms. The average molecular weight is 473 g/mol. The second kappa shape index (κ2) is 6.67. The van der Waals surface area contributed by atoms with Crippen molar-refractivity contribution < 1.29 is 38.6 Å². The lowest BCUT2D eigenvalue weighted by Crippen LogP contribution is -2.77. The first-order valence-corrected chi connectivity index (χ1v) is 11.6. The number of hydrogen-bond acceptors (Lipinski definition) is 8. The van der Waals surface area contributed by atoms with Crippen molar-refractivity contribution in [3.05, 3.63) is 23.5 Å². The van der Waals surface area contributed by atoms with E-state index in [0.717, 1.165) is 7.11 Å². The Labute approximate surface area is 198 Å². The van der Waals surface area contributed by atoms with Gasteiger partial charge in [0.25, 0.3) is 0 Å². The molecule has 4 rings (SSSR count). The van der Waals surface area contributed by atoms with E-state index in [4.69, 9.17) is 9.47 Å². The number of hydrogen-bond donors (Lipinski definition) is 1. The van der Waals surface area contributed by atoms with Crippen molar-refractivity contribution in [1.29, 1.82) is 0 Å². The van der Waals surface area contributed by atoms with Crippen molar-refractivity contribution >= 4 is 29.3 Å². The minimum atomic E-state index is -2.30.